The van der Waals surface area contributed by atoms with Crippen LogP contribution < -0.4 is 0 Å². The second kappa shape index (κ2) is 2.80. The molecular weight excluding hydrogens is 132 g/mol. The largest absolute Gasteiger partial charge is 0.0602 e. The van der Waals surface area contributed by atoms with Gasteiger partial charge < -0.3 is 0 Å². The molecule has 0 aromatic heterocycles. The van der Waals surface area contributed by atoms with Crippen LogP contribution in [-0.2, 0) is 0 Å². The molecule has 0 saturated heterocycles. The average Bonchev–Trinajstić information content (AvgIpc) is 2.09. The molecule has 0 atom stereocenters. The van der Waals surface area contributed by atoms with Crippen molar-refractivity contribution in [1.82, 2.24) is 0 Å². The fourth-order valence-electron chi connectivity index (χ4n) is 2.69. The molecule has 0 aromatic rings. The molecule has 0 bridgehead atoms. The van der Waals surface area contributed by atoms with Gasteiger partial charge in [-0.2, -0.15) is 0 Å². The topological polar surface area (TPSA) is 0 Å². The van der Waals surface area contributed by atoms with E-state index in [2.05, 4.69) is 27.7 Å². The first-order chi connectivity index (χ1) is 4.91. The van der Waals surface area contributed by atoms with E-state index in [0.717, 1.165) is 0 Å². The minimum absolute atomic E-state index is 0.527. The highest BCUT2D eigenvalue weighted by atomic mass is 14.4. The number of rotatable bonds is 1. The highest BCUT2D eigenvalue weighted by Crippen LogP contribution is 2.45. The smallest absolute Gasteiger partial charge is 0.0321 e. The van der Waals surface area contributed by atoms with Crippen LogP contribution in [0.2, 0.25) is 0 Å². The number of hydrogen-bond acceptors (Lipinski definition) is 0. The predicted octanol–water partition coefficient (Wildman–Crippen LogP) is 4.00. The molecule has 0 radical (unpaired) electrons. The van der Waals surface area contributed by atoms with E-state index in [1.807, 2.05) is 0 Å². The van der Waals surface area contributed by atoms with Gasteiger partial charge in [-0.05, 0) is 30.1 Å². The van der Waals surface area contributed by atoms with E-state index in [9.17, 15) is 0 Å². The van der Waals surface area contributed by atoms with E-state index in [-0.39, 0.29) is 0 Å². The van der Waals surface area contributed by atoms with Gasteiger partial charge in [-0.25, -0.2) is 0 Å². The SMILES string of the molecule is CC(C)(C)CC1(C)CCCC1. The third-order valence-corrected chi connectivity index (χ3v) is 2.77. The molecule has 66 valence electrons. The van der Waals surface area contributed by atoms with Crippen LogP contribution in [0, 0.1) is 10.8 Å². The Bertz CT molecular complexity index is 121. The molecular formula is C11H22. The monoisotopic (exact) mass is 154 g/mol. The molecule has 1 fully saturated rings. The summed E-state index contributed by atoms with van der Waals surface area (Å²) in [7, 11) is 0. The molecule has 1 aliphatic rings. The quantitative estimate of drug-likeness (QED) is 0.535. The van der Waals surface area contributed by atoms with Crippen LogP contribution in [0.3, 0.4) is 0 Å². The molecule has 0 aliphatic heterocycles. The average molecular weight is 154 g/mol. The fourth-order valence-corrected chi connectivity index (χ4v) is 2.69. The van der Waals surface area contributed by atoms with E-state index in [4.69, 9.17) is 0 Å². The molecule has 0 unspecified atom stereocenters. The Hall–Kier alpha value is 0. The molecule has 0 heterocycles. The van der Waals surface area contributed by atoms with E-state index < -0.39 is 0 Å². The molecule has 0 aromatic carbocycles. The van der Waals surface area contributed by atoms with Crippen molar-refractivity contribution >= 4 is 0 Å². The Kier molecular flexibility index (Phi) is 2.32. The maximum atomic E-state index is 2.46. The van der Waals surface area contributed by atoms with Crippen molar-refractivity contribution in [3.63, 3.8) is 0 Å². The zero-order valence-corrected chi connectivity index (χ0v) is 8.54. The predicted molar refractivity (Wildman–Crippen MR) is 50.6 cm³/mol. The lowest BCUT2D eigenvalue weighted by atomic mass is 9.74. The molecule has 11 heavy (non-hydrogen) atoms. The van der Waals surface area contributed by atoms with Crippen molar-refractivity contribution in [3.8, 4) is 0 Å². The standard InChI is InChI=1S/C11H22/c1-10(2,3)9-11(4)7-5-6-8-11/h5-9H2,1-4H3. The van der Waals surface area contributed by atoms with Crippen molar-refractivity contribution in [3.05, 3.63) is 0 Å². The van der Waals surface area contributed by atoms with Crippen molar-refractivity contribution in [2.45, 2.75) is 59.8 Å². The Morgan fingerprint density at radius 1 is 1.09 bits per heavy atom. The third-order valence-electron chi connectivity index (χ3n) is 2.77. The van der Waals surface area contributed by atoms with Crippen LogP contribution in [0.15, 0.2) is 0 Å². The zero-order chi connectivity index (χ0) is 8.54. The van der Waals surface area contributed by atoms with Crippen LogP contribution in [0.5, 0.6) is 0 Å². The summed E-state index contributed by atoms with van der Waals surface area (Å²) >= 11 is 0. The van der Waals surface area contributed by atoms with Gasteiger partial charge in [0.25, 0.3) is 0 Å². The summed E-state index contributed by atoms with van der Waals surface area (Å²) < 4.78 is 0. The summed E-state index contributed by atoms with van der Waals surface area (Å²) in [6, 6.07) is 0. The van der Waals surface area contributed by atoms with Gasteiger partial charge >= 0.3 is 0 Å². The van der Waals surface area contributed by atoms with Gasteiger partial charge in [-0.15, -0.1) is 0 Å². The number of hydrogen-bond donors (Lipinski definition) is 0. The second-order valence-electron chi connectivity index (χ2n) is 5.76. The molecule has 0 heteroatoms. The lowest BCUT2D eigenvalue weighted by molar-refractivity contribution is 0.197. The minimum atomic E-state index is 0.527. The highest BCUT2D eigenvalue weighted by molar-refractivity contribution is 4.84. The van der Waals surface area contributed by atoms with Gasteiger partial charge in [0.1, 0.15) is 0 Å². The summed E-state index contributed by atoms with van der Waals surface area (Å²) in [5.41, 5.74) is 1.21. The second-order valence-corrected chi connectivity index (χ2v) is 5.76. The molecule has 0 spiro atoms. The Balaban J connectivity index is 2.46. The van der Waals surface area contributed by atoms with Crippen LogP contribution >= 0.6 is 0 Å². The lowest BCUT2D eigenvalue weighted by Gasteiger charge is -2.31. The zero-order valence-electron chi connectivity index (χ0n) is 8.54. The summed E-state index contributed by atoms with van der Waals surface area (Å²) in [4.78, 5) is 0. The summed E-state index contributed by atoms with van der Waals surface area (Å²) in [6.45, 7) is 9.54. The van der Waals surface area contributed by atoms with Crippen LogP contribution in [0.4, 0.5) is 0 Å². The maximum absolute atomic E-state index is 2.46. The van der Waals surface area contributed by atoms with Gasteiger partial charge in [0, 0.05) is 0 Å². The summed E-state index contributed by atoms with van der Waals surface area (Å²) in [6.07, 6.45) is 7.26. The summed E-state index contributed by atoms with van der Waals surface area (Å²) in [5, 5.41) is 0. The van der Waals surface area contributed by atoms with Crippen LogP contribution in [0.25, 0.3) is 0 Å². The fraction of sp³-hybridized carbons (Fsp3) is 1.00. The molecule has 0 amide bonds. The summed E-state index contributed by atoms with van der Waals surface area (Å²) in [5.74, 6) is 0. The lowest BCUT2D eigenvalue weighted by Crippen LogP contribution is -2.20. The van der Waals surface area contributed by atoms with Gasteiger partial charge in [0.15, 0.2) is 0 Å². The first-order valence-corrected chi connectivity index (χ1v) is 4.91. The van der Waals surface area contributed by atoms with Gasteiger partial charge in [0.2, 0.25) is 0 Å². The first kappa shape index (κ1) is 9.09. The van der Waals surface area contributed by atoms with Crippen molar-refractivity contribution in [1.29, 1.82) is 0 Å². The third kappa shape index (κ3) is 2.84. The van der Waals surface area contributed by atoms with E-state index in [1.54, 1.807) is 0 Å². The molecule has 1 saturated carbocycles. The molecule has 0 N–H and O–H groups in total. The van der Waals surface area contributed by atoms with E-state index >= 15 is 0 Å². The Labute approximate surface area is 71.4 Å². The van der Waals surface area contributed by atoms with Crippen molar-refractivity contribution in [2.24, 2.45) is 10.8 Å². The molecule has 1 aliphatic carbocycles. The maximum Gasteiger partial charge on any atom is -0.0321 e. The highest BCUT2D eigenvalue weighted by Gasteiger charge is 2.32. The minimum Gasteiger partial charge on any atom is -0.0602 e. The van der Waals surface area contributed by atoms with Crippen LogP contribution in [-0.4, -0.2) is 0 Å². The van der Waals surface area contributed by atoms with E-state index in [0.29, 0.717) is 10.8 Å². The Morgan fingerprint density at radius 3 is 1.91 bits per heavy atom. The van der Waals surface area contributed by atoms with E-state index in [1.165, 1.54) is 32.1 Å². The van der Waals surface area contributed by atoms with Gasteiger partial charge in [0.05, 0.1) is 0 Å². The first-order valence-electron chi connectivity index (χ1n) is 4.91. The van der Waals surface area contributed by atoms with Crippen molar-refractivity contribution in [2.75, 3.05) is 0 Å². The van der Waals surface area contributed by atoms with Gasteiger partial charge in [-0.3, -0.25) is 0 Å². The van der Waals surface area contributed by atoms with Crippen LogP contribution in [0.1, 0.15) is 59.8 Å². The Morgan fingerprint density at radius 2 is 1.55 bits per heavy atom. The molecule has 0 nitrogen and oxygen atoms in total. The normalized spacial score (nSPS) is 24.0. The van der Waals surface area contributed by atoms with Crippen molar-refractivity contribution < 1.29 is 0 Å². The molecule has 1 rings (SSSR count). The van der Waals surface area contributed by atoms with Gasteiger partial charge in [-0.1, -0.05) is 40.5 Å².